The molecule has 1 fully saturated rings. The third-order valence-electron chi connectivity index (χ3n) is 5.62. The first kappa shape index (κ1) is 18.5. The zero-order chi connectivity index (χ0) is 19.9. The van der Waals surface area contributed by atoms with Crippen molar-refractivity contribution in [2.45, 2.75) is 31.9 Å². The third-order valence-corrected chi connectivity index (χ3v) is 5.93. The van der Waals surface area contributed by atoms with Gasteiger partial charge in [0, 0.05) is 36.4 Å². The SMILES string of the molecule is Cc1nccn1-c1ccc([C@]2(O)CCN(c3ccc(C#N)c(Cl)c3)[C@H]2C)cn1. The molecule has 1 aromatic carbocycles. The Morgan fingerprint density at radius 3 is 2.71 bits per heavy atom. The van der Waals surface area contributed by atoms with Gasteiger partial charge in [0.2, 0.25) is 0 Å². The van der Waals surface area contributed by atoms with Gasteiger partial charge in [0.1, 0.15) is 23.3 Å². The van der Waals surface area contributed by atoms with Gasteiger partial charge in [-0.25, -0.2) is 9.97 Å². The van der Waals surface area contributed by atoms with E-state index >= 15 is 0 Å². The molecule has 1 N–H and O–H groups in total. The van der Waals surface area contributed by atoms with E-state index in [0.717, 1.165) is 22.9 Å². The molecule has 6 nitrogen and oxygen atoms in total. The first-order valence-electron chi connectivity index (χ1n) is 9.09. The molecule has 0 bridgehead atoms. The molecule has 0 saturated carbocycles. The van der Waals surface area contributed by atoms with Gasteiger partial charge in [0.25, 0.3) is 0 Å². The first-order chi connectivity index (χ1) is 13.4. The van der Waals surface area contributed by atoms with Gasteiger partial charge in [-0.05, 0) is 44.5 Å². The van der Waals surface area contributed by atoms with Crippen molar-refractivity contribution < 1.29 is 5.11 Å². The molecule has 4 rings (SSSR count). The number of nitrogens with zero attached hydrogens (tertiary/aromatic N) is 5. The van der Waals surface area contributed by atoms with Gasteiger partial charge < -0.3 is 10.0 Å². The van der Waals surface area contributed by atoms with E-state index in [-0.39, 0.29) is 6.04 Å². The number of aryl methyl sites for hydroxylation is 1. The molecule has 2 aromatic heterocycles. The molecule has 3 heterocycles. The Balaban J connectivity index is 1.61. The number of anilines is 1. The Labute approximate surface area is 168 Å². The Hall–Kier alpha value is -2.88. The lowest BCUT2D eigenvalue weighted by atomic mass is 9.88. The molecule has 2 atom stereocenters. The summed E-state index contributed by atoms with van der Waals surface area (Å²) >= 11 is 6.19. The summed E-state index contributed by atoms with van der Waals surface area (Å²) in [5.74, 6) is 1.63. The second kappa shape index (κ2) is 6.93. The number of imidazole rings is 1. The highest BCUT2D eigenvalue weighted by molar-refractivity contribution is 6.32. The maximum atomic E-state index is 11.4. The van der Waals surface area contributed by atoms with Gasteiger partial charge in [0.05, 0.1) is 16.6 Å². The maximum Gasteiger partial charge on any atom is 0.137 e. The number of aromatic nitrogens is 3. The normalized spacial score (nSPS) is 21.7. The Morgan fingerprint density at radius 1 is 1.29 bits per heavy atom. The van der Waals surface area contributed by atoms with Crippen LogP contribution in [0.5, 0.6) is 0 Å². The summed E-state index contributed by atoms with van der Waals surface area (Å²) in [6.07, 6.45) is 5.91. The molecule has 0 unspecified atom stereocenters. The van der Waals surface area contributed by atoms with Crippen LogP contribution >= 0.6 is 11.6 Å². The monoisotopic (exact) mass is 393 g/mol. The van der Waals surface area contributed by atoms with E-state index in [1.807, 2.05) is 42.8 Å². The topological polar surface area (TPSA) is 78.0 Å². The summed E-state index contributed by atoms with van der Waals surface area (Å²) in [5, 5.41) is 20.9. The summed E-state index contributed by atoms with van der Waals surface area (Å²) in [6, 6.07) is 11.1. The Bertz CT molecular complexity index is 1060. The van der Waals surface area contributed by atoms with Crippen LogP contribution in [-0.2, 0) is 5.60 Å². The molecule has 0 amide bonds. The van der Waals surface area contributed by atoms with Crippen LogP contribution in [0.1, 0.15) is 30.3 Å². The van der Waals surface area contributed by atoms with Crippen LogP contribution in [0.3, 0.4) is 0 Å². The molecular formula is C21H20ClN5O. The predicted molar refractivity (Wildman–Crippen MR) is 108 cm³/mol. The van der Waals surface area contributed by atoms with E-state index in [1.165, 1.54) is 0 Å². The van der Waals surface area contributed by atoms with Crippen molar-refractivity contribution in [2.75, 3.05) is 11.4 Å². The van der Waals surface area contributed by atoms with Gasteiger partial charge in [-0.3, -0.25) is 4.57 Å². The number of aliphatic hydroxyl groups is 1. The summed E-state index contributed by atoms with van der Waals surface area (Å²) in [4.78, 5) is 10.9. The van der Waals surface area contributed by atoms with Crippen molar-refractivity contribution in [1.82, 2.24) is 14.5 Å². The molecule has 7 heteroatoms. The predicted octanol–water partition coefficient (Wildman–Crippen LogP) is 3.59. The lowest BCUT2D eigenvalue weighted by Gasteiger charge is -2.33. The average molecular weight is 394 g/mol. The van der Waals surface area contributed by atoms with E-state index in [9.17, 15) is 5.11 Å². The van der Waals surface area contributed by atoms with E-state index < -0.39 is 5.60 Å². The van der Waals surface area contributed by atoms with Gasteiger partial charge >= 0.3 is 0 Å². The molecule has 1 aliphatic rings. The number of hydrogen-bond donors (Lipinski definition) is 1. The van der Waals surface area contributed by atoms with Gasteiger partial charge in [0.15, 0.2) is 0 Å². The molecule has 3 aromatic rings. The number of hydrogen-bond acceptors (Lipinski definition) is 5. The fourth-order valence-electron chi connectivity index (χ4n) is 3.87. The van der Waals surface area contributed by atoms with Crippen LogP contribution < -0.4 is 4.90 Å². The van der Waals surface area contributed by atoms with Gasteiger partial charge in [-0.15, -0.1) is 0 Å². The minimum Gasteiger partial charge on any atom is -0.383 e. The molecular weight excluding hydrogens is 374 g/mol. The fraction of sp³-hybridized carbons (Fsp3) is 0.286. The highest BCUT2D eigenvalue weighted by Gasteiger charge is 2.45. The molecule has 0 radical (unpaired) electrons. The van der Waals surface area contributed by atoms with Crippen molar-refractivity contribution in [2.24, 2.45) is 0 Å². The number of halogens is 1. The van der Waals surface area contributed by atoms with Crippen LogP contribution in [0.4, 0.5) is 5.69 Å². The molecule has 1 saturated heterocycles. The third kappa shape index (κ3) is 2.93. The zero-order valence-corrected chi connectivity index (χ0v) is 16.4. The first-order valence-corrected chi connectivity index (χ1v) is 9.47. The molecule has 0 aliphatic carbocycles. The second-order valence-corrected chi connectivity index (χ2v) is 7.48. The van der Waals surface area contributed by atoms with Gasteiger partial charge in [-0.2, -0.15) is 5.26 Å². The standard InChI is InChI=1S/C21H20ClN5O/c1-14-21(28,7-9-26(14)18-5-3-16(12-23)19(22)11-18)17-4-6-20(25-13-17)27-10-8-24-15(27)2/h3-6,8,10-11,13-14,28H,7,9H2,1-2H3/t14-,21-/m0/s1. The lowest BCUT2D eigenvalue weighted by Crippen LogP contribution is -2.40. The van der Waals surface area contributed by atoms with Gasteiger partial charge in [-0.1, -0.05) is 17.7 Å². The van der Waals surface area contributed by atoms with Crippen LogP contribution in [0.15, 0.2) is 48.9 Å². The minimum atomic E-state index is -1.02. The van der Waals surface area contributed by atoms with Crippen molar-refractivity contribution in [3.8, 4) is 11.9 Å². The van der Waals surface area contributed by atoms with Crippen LogP contribution in [0.25, 0.3) is 5.82 Å². The number of benzene rings is 1. The quantitative estimate of drug-likeness (QED) is 0.735. The number of pyridine rings is 1. The molecule has 28 heavy (non-hydrogen) atoms. The number of nitriles is 1. The fourth-order valence-corrected chi connectivity index (χ4v) is 4.08. The lowest BCUT2D eigenvalue weighted by molar-refractivity contribution is 0.0327. The van der Waals surface area contributed by atoms with E-state index in [0.29, 0.717) is 23.6 Å². The van der Waals surface area contributed by atoms with Crippen LogP contribution in [-0.4, -0.2) is 32.2 Å². The largest absolute Gasteiger partial charge is 0.383 e. The second-order valence-electron chi connectivity index (χ2n) is 7.07. The van der Waals surface area contributed by atoms with Crippen LogP contribution in [0, 0.1) is 18.3 Å². The van der Waals surface area contributed by atoms with E-state index in [4.69, 9.17) is 16.9 Å². The highest BCUT2D eigenvalue weighted by Crippen LogP contribution is 2.40. The van der Waals surface area contributed by atoms with Crippen LogP contribution in [0.2, 0.25) is 5.02 Å². The zero-order valence-electron chi connectivity index (χ0n) is 15.7. The summed E-state index contributed by atoms with van der Waals surface area (Å²) < 4.78 is 1.90. The summed E-state index contributed by atoms with van der Waals surface area (Å²) in [6.45, 7) is 4.60. The van der Waals surface area contributed by atoms with Crippen molar-refractivity contribution in [3.05, 3.63) is 70.9 Å². The Kier molecular flexibility index (Phi) is 4.58. The maximum absolute atomic E-state index is 11.4. The van der Waals surface area contributed by atoms with Crippen molar-refractivity contribution in [1.29, 1.82) is 5.26 Å². The smallest absolute Gasteiger partial charge is 0.137 e. The summed E-state index contributed by atoms with van der Waals surface area (Å²) in [5.41, 5.74) is 1.10. The van der Waals surface area contributed by atoms with E-state index in [2.05, 4.69) is 20.9 Å². The average Bonchev–Trinajstić information content (AvgIpc) is 3.26. The minimum absolute atomic E-state index is 0.167. The Morgan fingerprint density at radius 2 is 2.11 bits per heavy atom. The molecule has 142 valence electrons. The van der Waals surface area contributed by atoms with Crippen molar-refractivity contribution in [3.63, 3.8) is 0 Å². The van der Waals surface area contributed by atoms with Crippen molar-refractivity contribution >= 4 is 17.3 Å². The highest BCUT2D eigenvalue weighted by atomic mass is 35.5. The van der Waals surface area contributed by atoms with E-state index in [1.54, 1.807) is 24.5 Å². The molecule has 0 spiro atoms. The number of rotatable bonds is 3. The molecule has 1 aliphatic heterocycles. The summed E-state index contributed by atoms with van der Waals surface area (Å²) in [7, 11) is 0.